The van der Waals surface area contributed by atoms with Gasteiger partial charge in [-0.3, -0.25) is 9.59 Å². The van der Waals surface area contributed by atoms with Gasteiger partial charge in [-0.25, -0.2) is 0 Å². The van der Waals surface area contributed by atoms with E-state index in [0.29, 0.717) is 10.9 Å². The highest BCUT2D eigenvalue weighted by Gasteiger charge is 2.14. The Kier molecular flexibility index (Phi) is 3.40. The van der Waals surface area contributed by atoms with E-state index in [1.807, 2.05) is 31.2 Å². The number of ketones is 1. The summed E-state index contributed by atoms with van der Waals surface area (Å²) in [6.45, 7) is 2.04. The fourth-order valence-corrected chi connectivity index (χ4v) is 2.40. The first-order valence-electron chi connectivity index (χ1n) is 6.94. The molecule has 0 saturated carbocycles. The number of carbonyl (C=O) groups excluding carboxylic acids is 1. The van der Waals surface area contributed by atoms with Gasteiger partial charge in [-0.1, -0.05) is 43.3 Å². The summed E-state index contributed by atoms with van der Waals surface area (Å²) in [7, 11) is 0. The zero-order valence-electron chi connectivity index (χ0n) is 11.7. The maximum absolute atomic E-state index is 12.6. The largest absolute Gasteiger partial charge is 0.360 e. The third-order valence-corrected chi connectivity index (χ3v) is 3.63. The van der Waals surface area contributed by atoms with Crippen LogP contribution in [0, 0.1) is 0 Å². The molecule has 0 spiro atoms. The summed E-state index contributed by atoms with van der Waals surface area (Å²) in [4.78, 5) is 28.1. The molecule has 0 unspecified atom stereocenters. The molecule has 3 rings (SSSR count). The van der Waals surface area contributed by atoms with Crippen LogP contribution in [-0.4, -0.2) is 10.8 Å². The summed E-state index contributed by atoms with van der Waals surface area (Å²) >= 11 is 0. The highest BCUT2D eigenvalue weighted by molar-refractivity contribution is 6.10. The number of aryl methyl sites for hydroxylation is 1. The van der Waals surface area contributed by atoms with Crippen molar-refractivity contribution in [1.82, 2.24) is 4.98 Å². The number of hydrogen-bond donors (Lipinski definition) is 1. The Labute approximate surface area is 122 Å². The van der Waals surface area contributed by atoms with E-state index in [0.717, 1.165) is 17.5 Å². The van der Waals surface area contributed by atoms with Crippen LogP contribution in [0.15, 0.2) is 59.5 Å². The van der Waals surface area contributed by atoms with Gasteiger partial charge in [-0.2, -0.15) is 0 Å². The summed E-state index contributed by atoms with van der Waals surface area (Å²) in [6.07, 6.45) is 2.36. The Balaban J connectivity index is 2.18. The Bertz CT molecular complexity index is 863. The van der Waals surface area contributed by atoms with Crippen molar-refractivity contribution in [3.63, 3.8) is 0 Å². The molecule has 0 amide bonds. The van der Waals surface area contributed by atoms with E-state index in [-0.39, 0.29) is 16.8 Å². The van der Waals surface area contributed by atoms with Crippen LogP contribution >= 0.6 is 0 Å². The van der Waals surface area contributed by atoms with Gasteiger partial charge in [0.15, 0.2) is 5.78 Å². The number of carbonyl (C=O) groups is 1. The highest BCUT2D eigenvalue weighted by atomic mass is 16.1. The van der Waals surface area contributed by atoms with Gasteiger partial charge >= 0.3 is 0 Å². The summed E-state index contributed by atoms with van der Waals surface area (Å²) in [5.41, 5.74) is 2.32. The molecular formula is C18H15NO2. The van der Waals surface area contributed by atoms with Gasteiger partial charge in [0.05, 0.1) is 5.56 Å². The summed E-state index contributed by atoms with van der Waals surface area (Å²) < 4.78 is 0. The van der Waals surface area contributed by atoms with Crippen LogP contribution in [0.5, 0.6) is 0 Å². The van der Waals surface area contributed by atoms with Crippen molar-refractivity contribution in [2.75, 3.05) is 0 Å². The van der Waals surface area contributed by atoms with E-state index in [1.54, 1.807) is 24.3 Å². The number of aromatic amines is 1. The van der Waals surface area contributed by atoms with Crippen LogP contribution < -0.4 is 5.43 Å². The molecular weight excluding hydrogens is 262 g/mol. The fourth-order valence-electron chi connectivity index (χ4n) is 2.40. The Morgan fingerprint density at radius 2 is 1.86 bits per heavy atom. The molecule has 0 aliphatic heterocycles. The Morgan fingerprint density at radius 3 is 2.57 bits per heavy atom. The quantitative estimate of drug-likeness (QED) is 0.747. The summed E-state index contributed by atoms with van der Waals surface area (Å²) in [6, 6.07) is 14.6. The lowest BCUT2D eigenvalue weighted by atomic mass is 10.0. The van der Waals surface area contributed by atoms with Crippen molar-refractivity contribution in [1.29, 1.82) is 0 Å². The van der Waals surface area contributed by atoms with E-state index in [4.69, 9.17) is 0 Å². The third kappa shape index (κ3) is 2.38. The molecule has 1 heterocycles. The van der Waals surface area contributed by atoms with E-state index in [1.165, 1.54) is 6.20 Å². The van der Waals surface area contributed by atoms with Crippen molar-refractivity contribution < 1.29 is 4.79 Å². The lowest BCUT2D eigenvalue weighted by Gasteiger charge is -2.04. The normalized spacial score (nSPS) is 10.7. The number of hydrogen-bond acceptors (Lipinski definition) is 2. The van der Waals surface area contributed by atoms with Crippen LogP contribution in [-0.2, 0) is 6.42 Å². The monoisotopic (exact) mass is 277 g/mol. The van der Waals surface area contributed by atoms with E-state index >= 15 is 0 Å². The lowest BCUT2D eigenvalue weighted by molar-refractivity contribution is 0.103. The molecule has 21 heavy (non-hydrogen) atoms. The topological polar surface area (TPSA) is 49.9 Å². The molecule has 2 aromatic carbocycles. The van der Waals surface area contributed by atoms with Crippen molar-refractivity contribution in [3.05, 3.63) is 81.6 Å². The highest BCUT2D eigenvalue weighted by Crippen LogP contribution is 2.13. The van der Waals surface area contributed by atoms with Gasteiger partial charge in [-0.15, -0.1) is 0 Å². The molecule has 1 aromatic heterocycles. The van der Waals surface area contributed by atoms with Crippen molar-refractivity contribution in [3.8, 4) is 0 Å². The molecule has 3 nitrogen and oxygen atoms in total. The lowest BCUT2D eigenvalue weighted by Crippen LogP contribution is -2.16. The zero-order valence-corrected chi connectivity index (χ0v) is 11.7. The average molecular weight is 277 g/mol. The van der Waals surface area contributed by atoms with Gasteiger partial charge in [0.25, 0.3) is 0 Å². The van der Waals surface area contributed by atoms with Gasteiger partial charge in [0.2, 0.25) is 5.43 Å². The number of nitrogens with one attached hydrogen (secondary N) is 1. The molecule has 3 aromatic rings. The molecule has 0 atom stereocenters. The molecule has 0 bridgehead atoms. The van der Waals surface area contributed by atoms with Crippen LogP contribution in [0.4, 0.5) is 0 Å². The van der Waals surface area contributed by atoms with Gasteiger partial charge in [0, 0.05) is 22.7 Å². The first kappa shape index (κ1) is 13.3. The number of rotatable bonds is 3. The number of benzene rings is 2. The number of H-pyrrole nitrogens is 1. The Hall–Kier alpha value is -2.68. The molecule has 1 N–H and O–H groups in total. The van der Waals surface area contributed by atoms with Gasteiger partial charge < -0.3 is 4.98 Å². The number of fused-ring (bicyclic) bond motifs is 1. The minimum absolute atomic E-state index is 0.182. The predicted molar refractivity (Wildman–Crippen MR) is 83.8 cm³/mol. The van der Waals surface area contributed by atoms with Gasteiger partial charge in [0.1, 0.15) is 0 Å². The number of aromatic nitrogens is 1. The Morgan fingerprint density at radius 1 is 1.10 bits per heavy atom. The summed E-state index contributed by atoms with van der Waals surface area (Å²) in [5, 5.41) is 0.566. The molecule has 0 radical (unpaired) electrons. The van der Waals surface area contributed by atoms with Crippen LogP contribution in [0.1, 0.15) is 28.4 Å². The predicted octanol–water partition coefficient (Wildman–Crippen LogP) is 3.32. The zero-order chi connectivity index (χ0) is 14.8. The first-order chi connectivity index (χ1) is 10.2. The number of pyridine rings is 1. The maximum atomic E-state index is 12.6. The second kappa shape index (κ2) is 5.37. The SMILES string of the molecule is CCc1ccc2[nH]cc(C(=O)c3ccccc3)c(=O)c2c1. The molecule has 104 valence electrons. The minimum Gasteiger partial charge on any atom is -0.360 e. The van der Waals surface area contributed by atoms with Crippen molar-refractivity contribution >= 4 is 16.7 Å². The average Bonchev–Trinajstić information content (AvgIpc) is 2.55. The van der Waals surface area contributed by atoms with Crippen molar-refractivity contribution in [2.45, 2.75) is 13.3 Å². The van der Waals surface area contributed by atoms with Crippen LogP contribution in [0.3, 0.4) is 0 Å². The summed E-state index contributed by atoms with van der Waals surface area (Å²) in [5.74, 6) is -0.249. The molecule has 0 fully saturated rings. The second-order valence-corrected chi connectivity index (χ2v) is 4.96. The van der Waals surface area contributed by atoms with Crippen LogP contribution in [0.2, 0.25) is 0 Å². The van der Waals surface area contributed by atoms with Gasteiger partial charge in [-0.05, 0) is 24.1 Å². The molecule has 0 saturated heterocycles. The van der Waals surface area contributed by atoms with Crippen LogP contribution in [0.25, 0.3) is 10.9 Å². The first-order valence-corrected chi connectivity index (χ1v) is 6.94. The standard InChI is InChI=1S/C18H15NO2/c1-2-12-8-9-16-14(10-12)18(21)15(11-19-16)17(20)13-6-4-3-5-7-13/h3-11H,2H2,1H3,(H,19,21). The second-order valence-electron chi connectivity index (χ2n) is 4.96. The smallest absolute Gasteiger partial charge is 0.200 e. The molecule has 0 aliphatic rings. The maximum Gasteiger partial charge on any atom is 0.200 e. The minimum atomic E-state index is -0.249. The molecule has 0 aliphatic carbocycles. The van der Waals surface area contributed by atoms with E-state index in [2.05, 4.69) is 4.98 Å². The van der Waals surface area contributed by atoms with Crippen molar-refractivity contribution in [2.24, 2.45) is 0 Å². The van der Waals surface area contributed by atoms with E-state index in [9.17, 15) is 9.59 Å². The fraction of sp³-hybridized carbons (Fsp3) is 0.111. The molecule has 3 heteroatoms. The third-order valence-electron chi connectivity index (χ3n) is 3.63. The van der Waals surface area contributed by atoms with E-state index < -0.39 is 0 Å².